The summed E-state index contributed by atoms with van der Waals surface area (Å²) >= 11 is 14.9. The van der Waals surface area contributed by atoms with Gasteiger partial charge in [-0.15, -0.1) is 22.7 Å². The fourth-order valence-corrected chi connectivity index (χ4v) is 14.3. The van der Waals surface area contributed by atoms with Crippen LogP contribution in [0.4, 0.5) is 11.9 Å². The van der Waals surface area contributed by atoms with Crippen molar-refractivity contribution in [3.05, 3.63) is 166 Å². The molecule has 0 unspecified atom stereocenters. The number of sulfonamides is 2. The van der Waals surface area contributed by atoms with Crippen LogP contribution in [0.1, 0.15) is 41.6 Å². The molecule has 2 fully saturated rings. The highest BCUT2D eigenvalue weighted by Crippen LogP contribution is 2.36. The molecule has 2 aliphatic rings. The number of aliphatic hydroxyl groups excluding tert-OH is 1. The summed E-state index contributed by atoms with van der Waals surface area (Å²) in [7, 11) is -7.29. The fraction of sp³-hybridized carbons (Fsp3) is 0.204. The molecule has 6 aromatic heterocycles. The minimum atomic E-state index is -3.65. The Labute approximate surface area is 467 Å². The van der Waals surface area contributed by atoms with Crippen molar-refractivity contribution < 1.29 is 26.7 Å². The molecule has 78 heavy (non-hydrogen) atoms. The van der Waals surface area contributed by atoms with Gasteiger partial charge in [0, 0.05) is 101 Å². The summed E-state index contributed by atoms with van der Waals surface area (Å²) in [5.41, 5.74) is 7.50. The lowest BCUT2D eigenvalue weighted by atomic mass is 10.1. The quantitative estimate of drug-likeness (QED) is 0.0863. The van der Waals surface area contributed by atoms with Crippen LogP contribution in [0.15, 0.2) is 155 Å². The first-order valence-electron chi connectivity index (χ1n) is 24.7. The Morgan fingerprint density at radius 2 is 1.09 bits per heavy atom. The summed E-state index contributed by atoms with van der Waals surface area (Å²) in [6, 6.07) is 30.8. The molecule has 0 aliphatic carbocycles. The van der Waals surface area contributed by atoms with Crippen molar-refractivity contribution in [2.45, 2.75) is 54.2 Å². The molecule has 0 spiro atoms. The van der Waals surface area contributed by atoms with Gasteiger partial charge in [0.1, 0.15) is 17.7 Å². The molecule has 0 saturated carbocycles. The third-order valence-corrected chi connectivity index (χ3v) is 19.1. The van der Waals surface area contributed by atoms with Crippen molar-refractivity contribution in [1.29, 1.82) is 0 Å². The van der Waals surface area contributed by atoms with Crippen molar-refractivity contribution in [1.82, 2.24) is 47.3 Å². The van der Waals surface area contributed by atoms with Gasteiger partial charge in [0.2, 0.25) is 31.9 Å². The van der Waals surface area contributed by atoms with E-state index in [1.807, 2.05) is 80.5 Å². The van der Waals surface area contributed by atoms with Crippen molar-refractivity contribution in [2.24, 2.45) is 0 Å². The number of imidazole rings is 2. The average Bonchev–Trinajstić information content (AvgIpc) is 4.42. The Morgan fingerprint density at radius 3 is 1.56 bits per heavy atom. The molecule has 18 nitrogen and oxygen atoms in total. The Morgan fingerprint density at radius 1 is 0.615 bits per heavy atom. The lowest BCUT2D eigenvalue weighted by Crippen LogP contribution is -2.45. The Hall–Kier alpha value is -6.99. The topological polar surface area (TPSA) is 222 Å². The summed E-state index contributed by atoms with van der Waals surface area (Å²) in [4.78, 5) is 41.6. The number of hydrogen-bond donors (Lipinski definition) is 3. The number of halogens is 2. The van der Waals surface area contributed by atoms with Gasteiger partial charge >= 0.3 is 0 Å². The summed E-state index contributed by atoms with van der Waals surface area (Å²) in [5.74, 6) is 0.824. The molecule has 2 saturated heterocycles. The molecule has 24 heteroatoms. The van der Waals surface area contributed by atoms with E-state index in [4.69, 9.17) is 43.1 Å². The largest absolute Gasteiger partial charge is 0.392 e. The molecule has 8 heterocycles. The maximum absolute atomic E-state index is 13.2. The number of thiazole rings is 2. The van der Waals surface area contributed by atoms with Gasteiger partial charge in [-0.2, -0.15) is 8.61 Å². The number of carbonyl (C=O) groups is 1. The second-order valence-electron chi connectivity index (χ2n) is 18.5. The number of fused-ring (bicyclic) bond motifs is 2. The van der Waals surface area contributed by atoms with Gasteiger partial charge in [-0.25, -0.2) is 46.7 Å². The van der Waals surface area contributed by atoms with Gasteiger partial charge in [-0.1, -0.05) is 59.6 Å². The van der Waals surface area contributed by atoms with Crippen LogP contribution in [0.25, 0.3) is 55.2 Å². The van der Waals surface area contributed by atoms with Crippen LogP contribution >= 0.6 is 45.9 Å². The number of rotatable bonds is 14. The molecule has 398 valence electrons. The summed E-state index contributed by atoms with van der Waals surface area (Å²) in [5, 5.41) is 21.2. The molecule has 2 aliphatic heterocycles. The van der Waals surface area contributed by atoms with Gasteiger partial charge in [0.05, 0.1) is 39.2 Å². The molecule has 0 amide bonds. The van der Waals surface area contributed by atoms with Gasteiger partial charge < -0.3 is 15.7 Å². The van der Waals surface area contributed by atoms with Crippen LogP contribution in [-0.4, -0.2) is 114 Å². The number of aldehydes is 1. The molecular formula is C54H48Cl2N12O6S4. The minimum absolute atomic E-state index is 0.0564. The third kappa shape index (κ3) is 11.2. The second kappa shape index (κ2) is 22.8. The molecule has 4 aromatic carbocycles. The van der Waals surface area contributed by atoms with E-state index in [-0.39, 0.29) is 28.5 Å². The predicted octanol–water partition coefficient (Wildman–Crippen LogP) is 10.2. The first kappa shape index (κ1) is 53.0. The number of benzene rings is 4. The second-order valence-corrected chi connectivity index (χ2v) is 25.0. The third-order valence-electron chi connectivity index (χ3n) is 13.3. The highest BCUT2D eigenvalue weighted by Gasteiger charge is 2.33. The van der Waals surface area contributed by atoms with Crippen LogP contribution in [0.2, 0.25) is 10.0 Å². The number of aromatic nitrogens is 8. The van der Waals surface area contributed by atoms with Gasteiger partial charge in [0.25, 0.3) is 0 Å². The number of nitrogens with one attached hydrogen (secondary N) is 2. The lowest BCUT2D eigenvalue weighted by Gasteiger charge is -2.32. The standard InChI is InChI=1S/C27H25ClN6O3S2.C27H23ClN6O3S2/c2*28-20-6-8-22(9-7-20)39(36,37)33-12-2-5-21(16-33)30-26-29-11-10-23(31-26)25-24(32-27-34(25)13-14-38-27)19-4-1-3-18(15-19)17-35/h1,3-4,6-11,13-15,21,35H,2,5,12,16-17H2,(H,29,30,31);1,3-4,6-11,13-15,17,21H,2,5,12,16H2,(H,29,30,31)/t2*21-/m11/s1. The van der Waals surface area contributed by atoms with E-state index < -0.39 is 20.0 Å². The summed E-state index contributed by atoms with van der Waals surface area (Å²) in [6.07, 6.45) is 11.1. The number of aliphatic hydroxyl groups is 1. The maximum atomic E-state index is 13.2. The number of carbonyl (C=O) groups excluding carboxylic acids is 1. The fourth-order valence-electron chi connectivity index (χ4n) is 9.59. The van der Waals surface area contributed by atoms with Crippen LogP contribution in [0, 0.1) is 0 Å². The normalized spacial score (nSPS) is 16.4. The number of nitrogens with zero attached hydrogens (tertiary/aromatic N) is 10. The smallest absolute Gasteiger partial charge is 0.243 e. The highest BCUT2D eigenvalue weighted by molar-refractivity contribution is 7.89. The van der Waals surface area contributed by atoms with E-state index >= 15 is 0 Å². The zero-order valence-corrected chi connectivity index (χ0v) is 46.1. The molecule has 12 rings (SSSR count). The van der Waals surface area contributed by atoms with Crippen molar-refractivity contribution in [2.75, 3.05) is 36.8 Å². The number of hydrogen-bond acceptors (Lipinski definition) is 16. The molecule has 2 atom stereocenters. The molecule has 0 radical (unpaired) electrons. The summed E-state index contributed by atoms with van der Waals surface area (Å²) < 4.78 is 59.8. The monoisotopic (exact) mass is 1160 g/mol. The van der Waals surface area contributed by atoms with Crippen molar-refractivity contribution >= 4 is 94.0 Å². The lowest BCUT2D eigenvalue weighted by molar-refractivity contribution is 0.112. The highest BCUT2D eigenvalue weighted by atomic mass is 35.5. The van der Waals surface area contributed by atoms with Crippen LogP contribution < -0.4 is 10.6 Å². The van der Waals surface area contributed by atoms with E-state index in [0.29, 0.717) is 83.6 Å². The van der Waals surface area contributed by atoms with E-state index in [1.54, 1.807) is 48.8 Å². The summed E-state index contributed by atoms with van der Waals surface area (Å²) in [6.45, 7) is 1.44. The first-order chi connectivity index (χ1) is 37.8. The SMILES string of the molecule is O=Cc1cccc(-c2nc3sccn3c2-c2ccnc(N[C@@H]3CCCN(S(=O)(=O)c4ccc(Cl)cc4)C3)n2)c1.O=S(=O)(c1ccc(Cl)cc1)N1CCC[C@@H](Nc2nccc(-c3c(-c4cccc(CO)c4)nc4sccn34)n2)C1. The van der Waals surface area contributed by atoms with Crippen LogP contribution in [0.3, 0.4) is 0 Å². The Bertz CT molecular complexity index is 4020. The Kier molecular flexibility index (Phi) is 15.5. The van der Waals surface area contributed by atoms with E-state index in [9.17, 15) is 26.7 Å². The van der Waals surface area contributed by atoms with Gasteiger partial charge in [-0.3, -0.25) is 13.6 Å². The minimum Gasteiger partial charge on any atom is -0.392 e. The zero-order chi connectivity index (χ0) is 54.0. The number of anilines is 2. The predicted molar refractivity (Wildman–Crippen MR) is 304 cm³/mol. The maximum Gasteiger partial charge on any atom is 0.243 e. The number of piperidine rings is 2. The van der Waals surface area contributed by atoms with Crippen LogP contribution in [-0.2, 0) is 26.7 Å². The van der Waals surface area contributed by atoms with Crippen molar-refractivity contribution in [3.63, 3.8) is 0 Å². The van der Waals surface area contributed by atoms with E-state index in [2.05, 4.69) is 20.6 Å². The molecule has 0 bridgehead atoms. The molecular weight excluding hydrogens is 1110 g/mol. The van der Waals surface area contributed by atoms with E-state index in [0.717, 1.165) is 62.8 Å². The van der Waals surface area contributed by atoms with Gasteiger partial charge in [-0.05, 0) is 104 Å². The molecule has 10 aromatic rings. The van der Waals surface area contributed by atoms with E-state index in [1.165, 1.54) is 55.5 Å². The van der Waals surface area contributed by atoms with Crippen molar-refractivity contribution in [3.8, 4) is 45.3 Å². The Balaban J connectivity index is 0.000000165. The van der Waals surface area contributed by atoms with Gasteiger partial charge in [0.15, 0.2) is 9.92 Å². The average molecular weight is 1160 g/mol. The first-order valence-corrected chi connectivity index (χ1v) is 30.1. The molecule has 3 N–H and O–H groups in total. The van der Waals surface area contributed by atoms with Crippen LogP contribution in [0.5, 0.6) is 0 Å². The zero-order valence-electron chi connectivity index (χ0n) is 41.3.